The van der Waals surface area contributed by atoms with Gasteiger partial charge in [-0.25, -0.2) is 5.43 Å². The zero-order valence-electron chi connectivity index (χ0n) is 9.51. The van der Waals surface area contributed by atoms with Gasteiger partial charge in [0.1, 0.15) is 0 Å². The first-order valence-corrected chi connectivity index (χ1v) is 5.23. The average Bonchev–Trinajstić information content (AvgIpc) is 2.61. The van der Waals surface area contributed by atoms with E-state index in [0.29, 0.717) is 0 Å². The lowest BCUT2D eigenvalue weighted by atomic mass is 10.0. The van der Waals surface area contributed by atoms with E-state index in [4.69, 9.17) is 5.84 Å². The summed E-state index contributed by atoms with van der Waals surface area (Å²) in [7, 11) is 1.91. The van der Waals surface area contributed by atoms with Crippen molar-refractivity contribution < 1.29 is 0 Å². The van der Waals surface area contributed by atoms with Gasteiger partial charge in [0, 0.05) is 18.8 Å². The smallest absolute Gasteiger partial charge is 0.0743 e. The van der Waals surface area contributed by atoms with E-state index in [1.807, 2.05) is 38.4 Å². The summed E-state index contributed by atoms with van der Waals surface area (Å²) in [5.41, 5.74) is 6.08. The van der Waals surface area contributed by atoms with Gasteiger partial charge in [0.05, 0.1) is 11.7 Å². The third-order valence-electron chi connectivity index (χ3n) is 2.66. The van der Waals surface area contributed by atoms with Gasteiger partial charge >= 0.3 is 0 Å². The highest BCUT2D eigenvalue weighted by Crippen LogP contribution is 2.22. The highest BCUT2D eigenvalue weighted by Gasteiger charge is 2.16. The Bertz CT molecular complexity index is 461. The van der Waals surface area contributed by atoms with Crippen LogP contribution in [0.4, 0.5) is 0 Å². The van der Waals surface area contributed by atoms with Gasteiger partial charge in [0.2, 0.25) is 0 Å². The van der Waals surface area contributed by atoms with Crippen LogP contribution in [0.5, 0.6) is 0 Å². The van der Waals surface area contributed by atoms with Crippen LogP contribution in [0.3, 0.4) is 0 Å². The number of hydrogen-bond donors (Lipinski definition) is 2. The topological polar surface area (TPSA) is 55.9 Å². The molecular formula is C12H16N4. The molecular weight excluding hydrogens is 200 g/mol. The van der Waals surface area contributed by atoms with E-state index in [9.17, 15) is 0 Å². The second kappa shape index (κ2) is 4.47. The maximum absolute atomic E-state index is 5.63. The lowest BCUT2D eigenvalue weighted by molar-refractivity contribution is 0.633. The summed E-state index contributed by atoms with van der Waals surface area (Å²) in [6.45, 7) is 1.99. The van der Waals surface area contributed by atoms with Crippen LogP contribution < -0.4 is 11.3 Å². The number of hydrazine groups is 1. The standard InChI is InChI=1S/C12H16N4/c1-9-11(8-16(2)15-9)12(14-13)10-6-4-3-5-7-10/h3-8,12,14H,13H2,1-2H3. The molecule has 0 amide bonds. The molecule has 3 N–H and O–H groups in total. The molecule has 0 fully saturated rings. The molecule has 4 heteroatoms. The molecule has 1 unspecified atom stereocenters. The monoisotopic (exact) mass is 216 g/mol. The van der Waals surface area contributed by atoms with Crippen LogP contribution in [0.25, 0.3) is 0 Å². The van der Waals surface area contributed by atoms with Crippen LogP contribution in [0.15, 0.2) is 36.5 Å². The number of rotatable bonds is 3. The van der Waals surface area contributed by atoms with Crippen molar-refractivity contribution in [1.29, 1.82) is 0 Å². The summed E-state index contributed by atoms with van der Waals surface area (Å²) in [4.78, 5) is 0. The van der Waals surface area contributed by atoms with Crippen molar-refractivity contribution in [3.05, 3.63) is 53.3 Å². The second-order valence-corrected chi connectivity index (χ2v) is 3.85. The number of benzene rings is 1. The van der Waals surface area contributed by atoms with Gasteiger partial charge in [-0.1, -0.05) is 30.3 Å². The summed E-state index contributed by atoms with van der Waals surface area (Å²) < 4.78 is 1.80. The van der Waals surface area contributed by atoms with Crippen molar-refractivity contribution in [2.24, 2.45) is 12.9 Å². The summed E-state index contributed by atoms with van der Waals surface area (Å²) in [5.74, 6) is 5.63. The first kappa shape index (κ1) is 10.9. The minimum Gasteiger partial charge on any atom is -0.275 e. The van der Waals surface area contributed by atoms with Crippen LogP contribution in [0.1, 0.15) is 22.9 Å². The number of hydrogen-bond acceptors (Lipinski definition) is 3. The largest absolute Gasteiger partial charge is 0.275 e. The highest BCUT2D eigenvalue weighted by atomic mass is 15.3. The minimum absolute atomic E-state index is 0.00472. The van der Waals surface area contributed by atoms with Crippen LogP contribution in [-0.2, 0) is 7.05 Å². The molecule has 0 spiro atoms. The van der Waals surface area contributed by atoms with Gasteiger partial charge in [-0.05, 0) is 12.5 Å². The van der Waals surface area contributed by atoms with Gasteiger partial charge < -0.3 is 0 Å². The Kier molecular flexibility index (Phi) is 3.03. The summed E-state index contributed by atoms with van der Waals surface area (Å²) in [6.07, 6.45) is 1.99. The molecule has 2 rings (SSSR count). The van der Waals surface area contributed by atoms with Crippen molar-refractivity contribution in [2.75, 3.05) is 0 Å². The van der Waals surface area contributed by atoms with E-state index in [2.05, 4.69) is 22.7 Å². The molecule has 0 radical (unpaired) electrons. The van der Waals surface area contributed by atoms with Crippen molar-refractivity contribution in [3.63, 3.8) is 0 Å². The van der Waals surface area contributed by atoms with Gasteiger partial charge in [0.15, 0.2) is 0 Å². The van der Waals surface area contributed by atoms with Crippen LogP contribution in [0.2, 0.25) is 0 Å². The van der Waals surface area contributed by atoms with E-state index in [-0.39, 0.29) is 6.04 Å². The SMILES string of the molecule is Cc1nn(C)cc1C(NN)c1ccccc1. The Labute approximate surface area is 95.1 Å². The van der Waals surface area contributed by atoms with Gasteiger partial charge in [-0.2, -0.15) is 5.10 Å². The fraction of sp³-hybridized carbons (Fsp3) is 0.250. The molecule has 0 aliphatic carbocycles. The van der Waals surface area contributed by atoms with E-state index in [0.717, 1.165) is 16.8 Å². The third kappa shape index (κ3) is 1.98. The van der Waals surface area contributed by atoms with Gasteiger partial charge in [-0.15, -0.1) is 0 Å². The fourth-order valence-electron chi connectivity index (χ4n) is 1.91. The molecule has 1 aromatic carbocycles. The molecule has 84 valence electrons. The van der Waals surface area contributed by atoms with E-state index < -0.39 is 0 Å². The zero-order valence-corrected chi connectivity index (χ0v) is 9.51. The molecule has 0 aliphatic heterocycles. The first-order valence-electron chi connectivity index (χ1n) is 5.23. The molecule has 0 saturated carbocycles. The van der Waals surface area contributed by atoms with Gasteiger partial charge in [-0.3, -0.25) is 10.5 Å². The molecule has 4 nitrogen and oxygen atoms in total. The Morgan fingerprint density at radius 2 is 2.00 bits per heavy atom. The van der Waals surface area contributed by atoms with Crippen molar-refractivity contribution in [1.82, 2.24) is 15.2 Å². The second-order valence-electron chi connectivity index (χ2n) is 3.85. The predicted octanol–water partition coefficient (Wildman–Crippen LogP) is 1.28. The maximum Gasteiger partial charge on any atom is 0.0743 e. The summed E-state index contributed by atoms with van der Waals surface area (Å²) in [5, 5.41) is 4.33. The number of aromatic nitrogens is 2. The first-order chi connectivity index (χ1) is 7.72. The summed E-state index contributed by atoms with van der Waals surface area (Å²) in [6, 6.07) is 10.1. The molecule has 1 aromatic heterocycles. The van der Waals surface area contributed by atoms with Crippen molar-refractivity contribution >= 4 is 0 Å². The van der Waals surface area contributed by atoms with Crippen LogP contribution in [-0.4, -0.2) is 9.78 Å². The number of nitrogens with zero attached hydrogens (tertiary/aromatic N) is 2. The van der Waals surface area contributed by atoms with Crippen molar-refractivity contribution in [3.8, 4) is 0 Å². The van der Waals surface area contributed by atoms with E-state index in [1.165, 1.54) is 0 Å². The van der Waals surface area contributed by atoms with Crippen LogP contribution >= 0.6 is 0 Å². The normalized spacial score (nSPS) is 12.7. The number of aryl methyl sites for hydroxylation is 2. The Hall–Kier alpha value is -1.65. The highest BCUT2D eigenvalue weighted by molar-refractivity contribution is 5.32. The van der Waals surface area contributed by atoms with Crippen molar-refractivity contribution in [2.45, 2.75) is 13.0 Å². The predicted molar refractivity (Wildman–Crippen MR) is 63.6 cm³/mol. The fourth-order valence-corrected chi connectivity index (χ4v) is 1.91. The molecule has 0 aliphatic rings. The lowest BCUT2D eigenvalue weighted by Gasteiger charge is -2.15. The number of nitrogens with one attached hydrogen (secondary N) is 1. The lowest BCUT2D eigenvalue weighted by Crippen LogP contribution is -2.29. The van der Waals surface area contributed by atoms with E-state index in [1.54, 1.807) is 4.68 Å². The Morgan fingerprint density at radius 3 is 2.50 bits per heavy atom. The minimum atomic E-state index is -0.00472. The maximum atomic E-state index is 5.63. The quantitative estimate of drug-likeness (QED) is 0.600. The van der Waals surface area contributed by atoms with Gasteiger partial charge in [0.25, 0.3) is 0 Å². The molecule has 0 bridgehead atoms. The molecule has 1 atom stereocenters. The summed E-state index contributed by atoms with van der Waals surface area (Å²) >= 11 is 0. The van der Waals surface area contributed by atoms with E-state index >= 15 is 0 Å². The third-order valence-corrected chi connectivity index (χ3v) is 2.66. The molecule has 0 saturated heterocycles. The zero-order chi connectivity index (χ0) is 11.5. The molecule has 1 heterocycles. The number of nitrogens with two attached hydrogens (primary N) is 1. The Morgan fingerprint density at radius 1 is 1.31 bits per heavy atom. The molecule has 16 heavy (non-hydrogen) atoms. The Balaban J connectivity index is 2.40. The average molecular weight is 216 g/mol. The molecule has 2 aromatic rings. The van der Waals surface area contributed by atoms with Crippen LogP contribution in [0, 0.1) is 6.92 Å².